The summed E-state index contributed by atoms with van der Waals surface area (Å²) < 4.78 is 35.0. The average molecular weight is 449 g/mol. The molecule has 33 heavy (non-hydrogen) atoms. The minimum absolute atomic E-state index is 0.00130. The second-order valence-corrected chi connectivity index (χ2v) is 8.15. The molecule has 3 atom stereocenters. The van der Waals surface area contributed by atoms with Gasteiger partial charge in [0.2, 0.25) is 0 Å². The minimum atomic E-state index is -2.95. The molecule has 2 aliphatic rings. The number of ether oxygens (including phenoxy) is 2. The first-order valence-corrected chi connectivity index (χ1v) is 10.3. The number of carbonyl (C=O) groups excluding carboxylic acids is 1. The molecule has 2 aromatic heterocycles. The van der Waals surface area contributed by atoms with E-state index in [1.165, 1.54) is 12.1 Å². The zero-order chi connectivity index (χ0) is 22.7. The summed E-state index contributed by atoms with van der Waals surface area (Å²) in [5, 5.41) is 16.1. The third-order valence-electron chi connectivity index (χ3n) is 6.32. The largest absolute Gasteiger partial charge is 0.460 e. The van der Waals surface area contributed by atoms with E-state index < -0.39 is 30.1 Å². The fraction of sp³-hybridized carbons (Fsp3) is 0.208. The van der Waals surface area contributed by atoms with Crippen LogP contribution in [-0.4, -0.2) is 40.0 Å². The number of hydrogen-bond donors (Lipinski definition) is 2. The highest BCUT2D eigenvalue weighted by Gasteiger charge is 2.58. The summed E-state index contributed by atoms with van der Waals surface area (Å²) in [7, 11) is 0. The fourth-order valence-electron chi connectivity index (χ4n) is 5.02. The number of cyclic esters (lactones) is 1. The lowest BCUT2D eigenvalue weighted by Crippen LogP contribution is -2.51. The van der Waals surface area contributed by atoms with Crippen molar-refractivity contribution < 1.29 is 28.2 Å². The smallest absolute Gasteiger partial charge is 0.387 e. The molecule has 4 heterocycles. The molecule has 0 amide bonds. The zero-order valence-electron chi connectivity index (χ0n) is 17.0. The number of esters is 1. The number of aliphatic hydroxyl groups is 1. The topological polar surface area (TPSA) is 93.6 Å². The highest BCUT2D eigenvalue weighted by atomic mass is 19.3. The Hall–Kier alpha value is -3.85. The second kappa shape index (κ2) is 7.08. The number of aromatic nitrogens is 2. The lowest BCUT2D eigenvalue weighted by atomic mass is 9.71. The number of rotatable bonds is 3. The van der Waals surface area contributed by atoms with Gasteiger partial charge in [-0.25, -0.2) is 0 Å². The van der Waals surface area contributed by atoms with Crippen molar-refractivity contribution in [3.8, 4) is 5.75 Å². The van der Waals surface area contributed by atoms with Crippen LogP contribution in [0, 0.1) is 5.92 Å². The highest BCUT2D eigenvalue weighted by molar-refractivity contribution is 6.12. The standard InChI is InChI=1S/C24H17F2N3O4/c25-23(26)33-13-7-5-12(6-8-13)16-17-14-3-1-9-27-20(14)21-15(4-2-10-28-21)19(17)29-24(31)11-32-22(30)18(16)24/h1-10,16,18,23,29,31H,11H2/t16-,18+,24-/m1/s1. The maximum atomic E-state index is 12.8. The molecule has 1 fully saturated rings. The van der Waals surface area contributed by atoms with Crippen molar-refractivity contribution in [2.24, 2.45) is 5.92 Å². The van der Waals surface area contributed by atoms with Gasteiger partial charge in [-0.3, -0.25) is 14.8 Å². The Bertz CT molecular complexity index is 1410. The van der Waals surface area contributed by atoms with Crippen LogP contribution in [0.15, 0.2) is 60.9 Å². The van der Waals surface area contributed by atoms with E-state index in [9.17, 15) is 18.7 Å². The summed E-state index contributed by atoms with van der Waals surface area (Å²) in [6.07, 6.45) is 3.34. The quantitative estimate of drug-likeness (QED) is 0.363. The van der Waals surface area contributed by atoms with Crippen LogP contribution in [0.25, 0.3) is 21.8 Å². The lowest BCUT2D eigenvalue weighted by molar-refractivity contribution is -0.141. The van der Waals surface area contributed by atoms with Crippen LogP contribution in [0.1, 0.15) is 17.0 Å². The first-order chi connectivity index (χ1) is 16.0. The van der Waals surface area contributed by atoms with Crippen LogP contribution in [0.5, 0.6) is 5.75 Å². The predicted molar refractivity (Wildman–Crippen MR) is 115 cm³/mol. The Morgan fingerprint density at radius 3 is 2.42 bits per heavy atom. The zero-order valence-corrected chi connectivity index (χ0v) is 17.0. The Kier molecular flexibility index (Phi) is 4.25. The lowest BCUT2D eigenvalue weighted by Gasteiger charge is -2.41. The molecule has 166 valence electrons. The third-order valence-corrected chi connectivity index (χ3v) is 6.32. The number of alkyl halides is 2. The van der Waals surface area contributed by atoms with Gasteiger partial charge in [0.15, 0.2) is 5.72 Å². The van der Waals surface area contributed by atoms with E-state index in [0.29, 0.717) is 22.3 Å². The van der Waals surface area contributed by atoms with E-state index in [1.54, 1.807) is 36.7 Å². The molecule has 0 saturated carbocycles. The van der Waals surface area contributed by atoms with Crippen molar-refractivity contribution in [3.05, 3.63) is 72.1 Å². The van der Waals surface area contributed by atoms with Crippen LogP contribution in [0.4, 0.5) is 14.5 Å². The van der Waals surface area contributed by atoms with Gasteiger partial charge in [-0.15, -0.1) is 0 Å². The average Bonchev–Trinajstić information content (AvgIpc) is 3.12. The van der Waals surface area contributed by atoms with Gasteiger partial charge < -0.3 is 19.9 Å². The first-order valence-electron chi connectivity index (χ1n) is 10.3. The Labute approximate surface area is 186 Å². The molecule has 0 spiro atoms. The number of nitrogens with zero attached hydrogens (tertiary/aromatic N) is 2. The van der Waals surface area contributed by atoms with Crippen LogP contribution >= 0.6 is 0 Å². The van der Waals surface area contributed by atoms with Crippen LogP contribution in [-0.2, 0) is 9.53 Å². The first kappa shape index (κ1) is 19.8. The SMILES string of the molecule is O=C1OC[C@]2(O)Nc3c(c4cccnc4c4ncccc34)[C@@H](c3ccc(OC(F)F)cc3)[C@@H]12. The molecule has 0 unspecified atom stereocenters. The number of fused-ring (bicyclic) bond motifs is 7. The van der Waals surface area contributed by atoms with Crippen molar-refractivity contribution in [1.29, 1.82) is 0 Å². The number of halogens is 2. The molecule has 0 radical (unpaired) electrons. The van der Waals surface area contributed by atoms with Crippen molar-refractivity contribution in [2.45, 2.75) is 18.3 Å². The minimum Gasteiger partial charge on any atom is -0.460 e. The molecule has 0 bridgehead atoms. The Morgan fingerprint density at radius 1 is 1.06 bits per heavy atom. The summed E-state index contributed by atoms with van der Waals surface area (Å²) in [5.41, 5.74) is 1.71. The van der Waals surface area contributed by atoms with Crippen LogP contribution < -0.4 is 10.1 Å². The molecule has 2 aliphatic heterocycles. The summed E-state index contributed by atoms with van der Waals surface area (Å²) in [5.74, 6) is -2.12. The van der Waals surface area contributed by atoms with Crippen LogP contribution in [0.2, 0.25) is 0 Å². The van der Waals surface area contributed by atoms with E-state index in [1.807, 2.05) is 12.1 Å². The van der Waals surface area contributed by atoms with E-state index in [2.05, 4.69) is 20.0 Å². The summed E-state index contributed by atoms with van der Waals surface area (Å²) in [6, 6.07) is 13.4. The third kappa shape index (κ3) is 2.92. The molecule has 6 rings (SSSR count). The van der Waals surface area contributed by atoms with Crippen LogP contribution in [0.3, 0.4) is 0 Å². The number of benzene rings is 2. The monoisotopic (exact) mass is 449 g/mol. The van der Waals surface area contributed by atoms with Crippen molar-refractivity contribution in [3.63, 3.8) is 0 Å². The number of carbonyl (C=O) groups is 1. The van der Waals surface area contributed by atoms with Gasteiger partial charge in [-0.2, -0.15) is 8.78 Å². The number of nitrogens with one attached hydrogen (secondary N) is 1. The maximum absolute atomic E-state index is 12.8. The molecule has 0 aliphatic carbocycles. The van der Waals surface area contributed by atoms with Gasteiger partial charge in [0.1, 0.15) is 18.3 Å². The van der Waals surface area contributed by atoms with Gasteiger partial charge in [-0.1, -0.05) is 18.2 Å². The number of pyridine rings is 2. The molecule has 7 nitrogen and oxygen atoms in total. The van der Waals surface area contributed by atoms with E-state index in [-0.39, 0.29) is 12.4 Å². The normalized spacial score (nSPS) is 23.8. The summed E-state index contributed by atoms with van der Waals surface area (Å²) in [4.78, 5) is 21.9. The van der Waals surface area contributed by atoms with Gasteiger partial charge >= 0.3 is 12.6 Å². The van der Waals surface area contributed by atoms with Gasteiger partial charge in [0.25, 0.3) is 0 Å². The van der Waals surface area contributed by atoms with Gasteiger partial charge in [-0.05, 0) is 41.5 Å². The predicted octanol–water partition coefficient (Wildman–Crippen LogP) is 3.80. The van der Waals surface area contributed by atoms with Crippen molar-refractivity contribution in [1.82, 2.24) is 9.97 Å². The molecular formula is C24H17F2N3O4. The van der Waals surface area contributed by atoms with E-state index in [4.69, 9.17) is 4.74 Å². The molecule has 2 N–H and O–H groups in total. The summed E-state index contributed by atoms with van der Waals surface area (Å²) >= 11 is 0. The Balaban J connectivity index is 1.66. The fourth-order valence-corrected chi connectivity index (χ4v) is 5.02. The van der Waals surface area contributed by atoms with E-state index in [0.717, 1.165) is 16.3 Å². The number of anilines is 1. The summed E-state index contributed by atoms with van der Waals surface area (Å²) in [6.45, 7) is -3.16. The van der Waals surface area contributed by atoms with E-state index >= 15 is 0 Å². The number of hydrogen-bond acceptors (Lipinski definition) is 7. The maximum Gasteiger partial charge on any atom is 0.387 e. The second-order valence-electron chi connectivity index (χ2n) is 8.15. The van der Waals surface area contributed by atoms with Crippen molar-refractivity contribution in [2.75, 3.05) is 11.9 Å². The van der Waals surface area contributed by atoms with Gasteiger partial charge in [0, 0.05) is 29.1 Å². The molecule has 2 aromatic carbocycles. The molecule has 4 aromatic rings. The molecular weight excluding hydrogens is 432 g/mol. The Morgan fingerprint density at radius 2 is 1.73 bits per heavy atom. The molecule has 9 heteroatoms. The molecule has 1 saturated heterocycles. The van der Waals surface area contributed by atoms with Crippen molar-refractivity contribution >= 4 is 33.5 Å². The highest BCUT2D eigenvalue weighted by Crippen LogP contribution is 2.53. The van der Waals surface area contributed by atoms with Gasteiger partial charge in [0.05, 0.1) is 16.7 Å².